The highest BCUT2D eigenvalue weighted by molar-refractivity contribution is 9.11. The molecule has 0 saturated carbocycles. The number of nitrogens with one attached hydrogen (secondary N) is 1. The number of hydrogen-bond acceptors (Lipinski definition) is 4. The summed E-state index contributed by atoms with van der Waals surface area (Å²) >= 11 is 10.2. The third-order valence-corrected chi connectivity index (χ3v) is 7.67. The Labute approximate surface area is 131 Å². The molecule has 8 heteroatoms. The average Bonchev–Trinajstić information content (AvgIpc) is 2.94. The van der Waals surface area contributed by atoms with Gasteiger partial charge in [0.05, 0.1) is 8.81 Å². The van der Waals surface area contributed by atoms with Crippen molar-refractivity contribution < 1.29 is 8.42 Å². The molecule has 19 heavy (non-hydrogen) atoms. The van der Waals surface area contributed by atoms with Crippen LogP contribution in [0, 0.1) is 0 Å². The lowest BCUT2D eigenvalue weighted by Gasteiger charge is -2.22. The summed E-state index contributed by atoms with van der Waals surface area (Å²) in [6, 6.07) is 1.78. The number of thiophene rings is 1. The van der Waals surface area contributed by atoms with Crippen LogP contribution < -0.4 is 4.72 Å². The standard InChI is InChI=1S/C11H16BrClN2O2S2/c1-2-15-5-3-4-8(15)7-14-19(16,17)10-6-9(13)11(12)18-10/h6,8,14H,2-5,7H2,1H3. The number of halogens is 2. The highest BCUT2D eigenvalue weighted by Gasteiger charge is 2.26. The van der Waals surface area contributed by atoms with Gasteiger partial charge in [-0.05, 0) is 47.9 Å². The molecule has 1 fully saturated rings. The van der Waals surface area contributed by atoms with Gasteiger partial charge in [0.1, 0.15) is 4.21 Å². The number of hydrogen-bond donors (Lipinski definition) is 1. The minimum atomic E-state index is -3.45. The van der Waals surface area contributed by atoms with Gasteiger partial charge in [-0.15, -0.1) is 11.3 Å². The molecule has 2 rings (SSSR count). The molecule has 0 radical (unpaired) electrons. The minimum Gasteiger partial charge on any atom is -0.299 e. The molecule has 1 unspecified atom stereocenters. The Kier molecular flexibility index (Phi) is 5.30. The third-order valence-electron chi connectivity index (χ3n) is 3.30. The maximum absolute atomic E-state index is 12.2. The van der Waals surface area contributed by atoms with Gasteiger partial charge >= 0.3 is 0 Å². The first-order valence-corrected chi connectivity index (χ1v) is 9.59. The maximum atomic E-state index is 12.2. The SMILES string of the molecule is CCN1CCCC1CNS(=O)(=O)c1cc(Cl)c(Br)s1. The Morgan fingerprint density at radius 1 is 1.63 bits per heavy atom. The topological polar surface area (TPSA) is 49.4 Å². The van der Waals surface area contributed by atoms with E-state index < -0.39 is 10.0 Å². The second kappa shape index (κ2) is 6.41. The largest absolute Gasteiger partial charge is 0.299 e. The fraction of sp³-hybridized carbons (Fsp3) is 0.636. The van der Waals surface area contributed by atoms with Crippen molar-refractivity contribution in [1.29, 1.82) is 0 Å². The number of likely N-dealkylation sites (tertiary alicyclic amines) is 1. The Hall–Kier alpha value is 0.340. The lowest BCUT2D eigenvalue weighted by molar-refractivity contribution is 0.268. The van der Waals surface area contributed by atoms with E-state index in [0.29, 0.717) is 21.4 Å². The predicted molar refractivity (Wildman–Crippen MR) is 82.5 cm³/mol. The van der Waals surface area contributed by atoms with Crippen molar-refractivity contribution in [3.05, 3.63) is 14.9 Å². The van der Waals surface area contributed by atoms with Gasteiger partial charge in [0, 0.05) is 12.6 Å². The van der Waals surface area contributed by atoms with E-state index in [-0.39, 0.29) is 4.21 Å². The Balaban J connectivity index is 2.02. The summed E-state index contributed by atoms with van der Waals surface area (Å²) in [6.07, 6.45) is 2.18. The van der Waals surface area contributed by atoms with Crippen LogP contribution in [0.1, 0.15) is 19.8 Å². The van der Waals surface area contributed by atoms with Crippen molar-refractivity contribution in [2.45, 2.75) is 30.0 Å². The zero-order valence-corrected chi connectivity index (χ0v) is 14.5. The molecule has 0 spiro atoms. The van der Waals surface area contributed by atoms with Crippen LogP contribution in [-0.4, -0.2) is 39.0 Å². The summed E-state index contributed by atoms with van der Waals surface area (Å²) in [5.41, 5.74) is 0. The minimum absolute atomic E-state index is 0.255. The first-order chi connectivity index (χ1) is 8.94. The summed E-state index contributed by atoms with van der Waals surface area (Å²) in [4.78, 5) is 2.31. The summed E-state index contributed by atoms with van der Waals surface area (Å²) in [6.45, 7) is 4.58. The molecular weight excluding hydrogens is 372 g/mol. The van der Waals surface area contributed by atoms with Crippen LogP contribution in [0.2, 0.25) is 5.02 Å². The van der Waals surface area contributed by atoms with E-state index in [1.165, 1.54) is 6.07 Å². The molecule has 1 aliphatic rings. The van der Waals surface area contributed by atoms with Crippen LogP contribution in [0.3, 0.4) is 0 Å². The second-order valence-corrected chi connectivity index (χ2v) is 9.23. The van der Waals surface area contributed by atoms with Crippen molar-refractivity contribution in [3.63, 3.8) is 0 Å². The van der Waals surface area contributed by atoms with E-state index in [4.69, 9.17) is 11.6 Å². The van der Waals surface area contributed by atoms with Gasteiger partial charge in [0.2, 0.25) is 10.0 Å². The van der Waals surface area contributed by atoms with Crippen molar-refractivity contribution in [2.75, 3.05) is 19.6 Å². The van der Waals surface area contributed by atoms with E-state index in [0.717, 1.165) is 37.3 Å². The molecule has 0 bridgehead atoms. The molecule has 1 aliphatic heterocycles. The summed E-state index contributed by atoms with van der Waals surface area (Å²) in [5.74, 6) is 0. The van der Waals surface area contributed by atoms with E-state index in [2.05, 4.69) is 32.5 Å². The second-order valence-electron chi connectivity index (χ2n) is 4.46. The van der Waals surface area contributed by atoms with Gasteiger partial charge in [-0.2, -0.15) is 0 Å². The highest BCUT2D eigenvalue weighted by atomic mass is 79.9. The molecule has 1 saturated heterocycles. The number of nitrogens with zero attached hydrogens (tertiary/aromatic N) is 1. The lowest BCUT2D eigenvalue weighted by Crippen LogP contribution is -2.39. The molecule has 108 valence electrons. The first-order valence-electron chi connectivity index (χ1n) is 6.12. The smallest absolute Gasteiger partial charge is 0.250 e. The molecule has 1 aromatic rings. The Morgan fingerprint density at radius 3 is 2.95 bits per heavy atom. The van der Waals surface area contributed by atoms with Gasteiger partial charge in [-0.1, -0.05) is 18.5 Å². The van der Waals surface area contributed by atoms with Crippen LogP contribution in [-0.2, 0) is 10.0 Å². The molecule has 1 N–H and O–H groups in total. The lowest BCUT2D eigenvalue weighted by atomic mass is 10.2. The summed E-state index contributed by atoms with van der Waals surface area (Å²) in [5, 5.41) is 0.432. The molecule has 2 heterocycles. The van der Waals surface area contributed by atoms with Gasteiger partial charge in [0.25, 0.3) is 0 Å². The normalized spacial score (nSPS) is 21.1. The van der Waals surface area contributed by atoms with Gasteiger partial charge < -0.3 is 0 Å². The zero-order chi connectivity index (χ0) is 14.0. The van der Waals surface area contributed by atoms with Crippen molar-refractivity contribution in [3.8, 4) is 0 Å². The summed E-state index contributed by atoms with van der Waals surface area (Å²) in [7, 11) is -3.45. The van der Waals surface area contributed by atoms with Crippen molar-refractivity contribution in [2.24, 2.45) is 0 Å². The maximum Gasteiger partial charge on any atom is 0.250 e. The molecular formula is C11H16BrClN2O2S2. The van der Waals surface area contributed by atoms with Crippen LogP contribution in [0.4, 0.5) is 0 Å². The predicted octanol–water partition coefficient (Wildman–Crippen LogP) is 2.93. The van der Waals surface area contributed by atoms with Crippen LogP contribution in [0.15, 0.2) is 14.1 Å². The van der Waals surface area contributed by atoms with Crippen LogP contribution in [0.25, 0.3) is 0 Å². The van der Waals surface area contributed by atoms with Gasteiger partial charge in [-0.3, -0.25) is 4.90 Å². The van der Waals surface area contributed by atoms with E-state index in [1.54, 1.807) is 0 Å². The van der Waals surface area contributed by atoms with E-state index in [1.807, 2.05) is 0 Å². The van der Waals surface area contributed by atoms with E-state index in [9.17, 15) is 8.42 Å². The average molecular weight is 388 g/mol. The number of likely N-dealkylation sites (N-methyl/N-ethyl adjacent to an activating group) is 1. The van der Waals surface area contributed by atoms with E-state index >= 15 is 0 Å². The zero-order valence-electron chi connectivity index (χ0n) is 10.5. The Morgan fingerprint density at radius 2 is 2.37 bits per heavy atom. The fourth-order valence-corrected chi connectivity index (χ4v) is 5.79. The first kappa shape index (κ1) is 15.7. The van der Waals surface area contributed by atoms with Crippen molar-refractivity contribution in [1.82, 2.24) is 9.62 Å². The number of sulfonamides is 1. The molecule has 1 aromatic heterocycles. The monoisotopic (exact) mass is 386 g/mol. The quantitative estimate of drug-likeness (QED) is 0.845. The third kappa shape index (κ3) is 3.71. The molecule has 0 amide bonds. The Bertz CT molecular complexity index is 527. The molecule has 0 aliphatic carbocycles. The summed E-state index contributed by atoms with van der Waals surface area (Å²) < 4.78 is 27.9. The molecule has 0 aromatic carbocycles. The van der Waals surface area contributed by atoms with Crippen LogP contribution in [0.5, 0.6) is 0 Å². The highest BCUT2D eigenvalue weighted by Crippen LogP contribution is 2.34. The van der Waals surface area contributed by atoms with Gasteiger partial charge in [0.15, 0.2) is 0 Å². The molecule has 1 atom stereocenters. The van der Waals surface area contributed by atoms with Crippen LogP contribution >= 0.6 is 38.9 Å². The van der Waals surface area contributed by atoms with Gasteiger partial charge in [-0.25, -0.2) is 13.1 Å². The molecule has 4 nitrogen and oxygen atoms in total. The fourth-order valence-electron chi connectivity index (χ4n) is 2.28. The van der Waals surface area contributed by atoms with Crippen molar-refractivity contribution >= 4 is 48.9 Å². The number of rotatable bonds is 5.